The molecular formula is C23H37NO4. The van der Waals surface area contributed by atoms with Crippen molar-refractivity contribution >= 4 is 12.1 Å². The molecule has 0 spiro atoms. The number of benzene rings is 1. The van der Waals surface area contributed by atoms with Crippen LogP contribution in [0.1, 0.15) is 83.8 Å². The van der Waals surface area contributed by atoms with Crippen LogP contribution in [0.2, 0.25) is 0 Å². The monoisotopic (exact) mass is 391 g/mol. The van der Waals surface area contributed by atoms with Crippen molar-refractivity contribution in [3.63, 3.8) is 0 Å². The second-order valence-electron chi connectivity index (χ2n) is 8.41. The first-order chi connectivity index (χ1) is 13.2. The van der Waals surface area contributed by atoms with E-state index in [2.05, 4.69) is 36.5 Å². The first-order valence-corrected chi connectivity index (χ1v) is 10.5. The van der Waals surface area contributed by atoms with Crippen molar-refractivity contribution in [2.75, 3.05) is 0 Å². The lowest BCUT2D eigenvalue weighted by Gasteiger charge is -2.22. The number of aliphatic carboxylic acids is 1. The van der Waals surface area contributed by atoms with Gasteiger partial charge in [-0.3, -0.25) is 0 Å². The fourth-order valence-electron chi connectivity index (χ4n) is 3.00. The van der Waals surface area contributed by atoms with Gasteiger partial charge in [0, 0.05) is 0 Å². The average Bonchev–Trinajstić information content (AvgIpc) is 2.61. The third-order valence-electron chi connectivity index (χ3n) is 4.55. The van der Waals surface area contributed by atoms with E-state index in [-0.39, 0.29) is 0 Å². The number of ether oxygens (including phenoxy) is 1. The summed E-state index contributed by atoms with van der Waals surface area (Å²) in [5.41, 5.74) is 1.74. The van der Waals surface area contributed by atoms with Crippen LogP contribution < -0.4 is 5.32 Å². The van der Waals surface area contributed by atoms with E-state index < -0.39 is 23.7 Å². The van der Waals surface area contributed by atoms with Crippen molar-refractivity contribution < 1.29 is 19.4 Å². The maximum Gasteiger partial charge on any atom is 0.408 e. The number of carboxylic acids is 1. The predicted molar refractivity (Wildman–Crippen MR) is 113 cm³/mol. The van der Waals surface area contributed by atoms with Crippen LogP contribution in [0, 0.1) is 0 Å². The molecule has 1 aromatic rings. The molecule has 1 aromatic carbocycles. The number of hydrogen-bond acceptors (Lipinski definition) is 3. The number of carbonyl (C=O) groups is 2. The Morgan fingerprint density at radius 2 is 1.50 bits per heavy atom. The molecule has 28 heavy (non-hydrogen) atoms. The molecule has 1 amide bonds. The summed E-state index contributed by atoms with van der Waals surface area (Å²) in [7, 11) is 0. The molecule has 0 heterocycles. The smallest absolute Gasteiger partial charge is 0.408 e. The Balaban J connectivity index is 2.41. The fraction of sp³-hybridized carbons (Fsp3) is 0.652. The predicted octanol–water partition coefficient (Wildman–Crippen LogP) is 5.50. The highest BCUT2D eigenvalue weighted by atomic mass is 16.6. The van der Waals surface area contributed by atoms with Crippen LogP contribution in [0.15, 0.2) is 24.3 Å². The number of carbonyl (C=O) groups excluding carboxylic acids is 1. The molecule has 0 unspecified atom stereocenters. The third kappa shape index (κ3) is 11.0. The number of rotatable bonds is 12. The zero-order valence-electron chi connectivity index (χ0n) is 17.9. The van der Waals surface area contributed by atoms with Crippen molar-refractivity contribution in [2.45, 2.75) is 97.1 Å². The number of carboxylic acid groups (broad SMARTS) is 1. The summed E-state index contributed by atoms with van der Waals surface area (Å²) in [6.07, 6.45) is 9.04. The molecule has 0 bridgehead atoms. The van der Waals surface area contributed by atoms with E-state index >= 15 is 0 Å². The van der Waals surface area contributed by atoms with Crippen LogP contribution >= 0.6 is 0 Å². The second-order valence-corrected chi connectivity index (χ2v) is 8.41. The summed E-state index contributed by atoms with van der Waals surface area (Å²) in [6, 6.07) is 7.40. The lowest BCUT2D eigenvalue weighted by atomic mass is 10.0. The normalized spacial score (nSPS) is 12.4. The first-order valence-electron chi connectivity index (χ1n) is 10.5. The van der Waals surface area contributed by atoms with E-state index in [0.29, 0.717) is 12.8 Å². The molecule has 0 aliphatic rings. The van der Waals surface area contributed by atoms with Gasteiger partial charge in [0.05, 0.1) is 0 Å². The molecule has 0 aliphatic heterocycles. The maximum atomic E-state index is 11.8. The highest BCUT2D eigenvalue weighted by Gasteiger charge is 2.23. The van der Waals surface area contributed by atoms with E-state index in [1.165, 1.54) is 44.1 Å². The van der Waals surface area contributed by atoms with Gasteiger partial charge in [0.25, 0.3) is 0 Å². The Bertz CT molecular complexity index is 590. The van der Waals surface area contributed by atoms with Gasteiger partial charge < -0.3 is 15.2 Å². The van der Waals surface area contributed by atoms with Gasteiger partial charge >= 0.3 is 12.1 Å². The van der Waals surface area contributed by atoms with Gasteiger partial charge in [-0.2, -0.15) is 0 Å². The van der Waals surface area contributed by atoms with Crippen molar-refractivity contribution in [2.24, 2.45) is 0 Å². The minimum absolute atomic E-state index is 0.325. The Morgan fingerprint density at radius 3 is 2.04 bits per heavy atom. The van der Waals surface area contributed by atoms with Gasteiger partial charge in [0.15, 0.2) is 0 Å². The Kier molecular flexibility index (Phi) is 10.6. The summed E-state index contributed by atoms with van der Waals surface area (Å²) >= 11 is 0. The molecule has 1 rings (SSSR count). The van der Waals surface area contributed by atoms with Crippen molar-refractivity contribution in [1.29, 1.82) is 0 Å². The zero-order valence-corrected chi connectivity index (χ0v) is 17.9. The highest BCUT2D eigenvalue weighted by Crippen LogP contribution is 2.13. The molecule has 1 atom stereocenters. The molecule has 0 aromatic heterocycles. The summed E-state index contributed by atoms with van der Waals surface area (Å²) in [5.74, 6) is -1.05. The van der Waals surface area contributed by atoms with E-state index in [4.69, 9.17) is 4.74 Å². The fourth-order valence-corrected chi connectivity index (χ4v) is 3.00. The number of unbranched alkanes of at least 4 members (excludes halogenated alkanes) is 5. The largest absolute Gasteiger partial charge is 0.480 e. The molecule has 0 saturated carbocycles. The van der Waals surface area contributed by atoms with Gasteiger partial charge in [-0.25, -0.2) is 9.59 Å². The maximum absolute atomic E-state index is 11.8. The summed E-state index contributed by atoms with van der Waals surface area (Å²) in [6.45, 7) is 7.47. The van der Waals surface area contributed by atoms with Gasteiger partial charge in [-0.15, -0.1) is 0 Å². The van der Waals surface area contributed by atoms with Gasteiger partial charge in [-0.1, -0.05) is 63.3 Å². The molecule has 2 N–H and O–H groups in total. The van der Waals surface area contributed by atoms with Crippen molar-refractivity contribution in [3.8, 4) is 0 Å². The number of hydrogen-bond donors (Lipinski definition) is 2. The van der Waals surface area contributed by atoms with Crippen LogP contribution in [-0.4, -0.2) is 28.8 Å². The zero-order chi connectivity index (χ0) is 21.0. The minimum Gasteiger partial charge on any atom is -0.480 e. The standard InChI is InChI=1S/C23H37NO4/c1-5-6-7-8-9-10-11-18-12-14-19(15-13-18)16-17-20(21(25)26)24-22(27)28-23(2,3)4/h12-15,20H,5-11,16-17H2,1-4H3,(H,24,27)(H,25,26)/t20-/m1/s1. The van der Waals surface area contributed by atoms with E-state index in [1.54, 1.807) is 20.8 Å². The summed E-state index contributed by atoms with van der Waals surface area (Å²) in [4.78, 5) is 23.2. The molecule has 0 aliphatic carbocycles. The number of alkyl carbamates (subject to hydrolysis) is 1. The molecule has 5 nitrogen and oxygen atoms in total. The lowest BCUT2D eigenvalue weighted by molar-refractivity contribution is -0.139. The molecule has 0 radical (unpaired) electrons. The molecule has 0 saturated heterocycles. The highest BCUT2D eigenvalue weighted by molar-refractivity contribution is 5.80. The van der Waals surface area contributed by atoms with E-state index in [0.717, 1.165) is 12.0 Å². The van der Waals surface area contributed by atoms with E-state index in [1.807, 2.05) is 0 Å². The molecular weight excluding hydrogens is 354 g/mol. The Hall–Kier alpha value is -2.04. The SMILES string of the molecule is CCCCCCCCc1ccc(CC[C@@H](NC(=O)OC(C)(C)C)C(=O)O)cc1. The van der Waals surface area contributed by atoms with Crippen LogP contribution in [0.5, 0.6) is 0 Å². The lowest BCUT2D eigenvalue weighted by Crippen LogP contribution is -2.43. The summed E-state index contributed by atoms with van der Waals surface area (Å²) in [5, 5.41) is 11.8. The van der Waals surface area contributed by atoms with Crippen molar-refractivity contribution in [1.82, 2.24) is 5.32 Å². The number of nitrogens with one attached hydrogen (secondary N) is 1. The number of amides is 1. The second kappa shape index (κ2) is 12.4. The molecule has 158 valence electrons. The first kappa shape index (κ1) is 24.0. The van der Waals surface area contributed by atoms with E-state index in [9.17, 15) is 14.7 Å². The van der Waals surface area contributed by atoms with Crippen molar-refractivity contribution in [3.05, 3.63) is 35.4 Å². The van der Waals surface area contributed by atoms with Crippen LogP contribution in [0.4, 0.5) is 4.79 Å². The van der Waals surface area contributed by atoms with Crippen LogP contribution in [0.25, 0.3) is 0 Å². The Morgan fingerprint density at radius 1 is 0.964 bits per heavy atom. The number of aryl methyl sites for hydroxylation is 2. The topological polar surface area (TPSA) is 75.6 Å². The Labute approximate surface area is 169 Å². The molecule has 0 fully saturated rings. The van der Waals surface area contributed by atoms with Gasteiger partial charge in [0.1, 0.15) is 11.6 Å². The van der Waals surface area contributed by atoms with Gasteiger partial charge in [0.2, 0.25) is 0 Å². The van der Waals surface area contributed by atoms with Crippen LogP contribution in [-0.2, 0) is 22.4 Å². The third-order valence-corrected chi connectivity index (χ3v) is 4.55. The van der Waals surface area contributed by atoms with Gasteiger partial charge in [-0.05, 0) is 57.6 Å². The average molecular weight is 392 g/mol. The minimum atomic E-state index is -1.05. The van der Waals surface area contributed by atoms with Crippen LogP contribution in [0.3, 0.4) is 0 Å². The summed E-state index contributed by atoms with van der Waals surface area (Å²) < 4.78 is 5.14. The quantitative estimate of drug-likeness (QED) is 0.461. The molecule has 5 heteroatoms.